The third-order valence-corrected chi connectivity index (χ3v) is 6.44. The topological polar surface area (TPSA) is 83.7 Å². The number of carbonyl (C=O) groups is 3. The van der Waals surface area contributed by atoms with Gasteiger partial charge in [-0.05, 0) is 31.0 Å². The van der Waals surface area contributed by atoms with Gasteiger partial charge in [-0.3, -0.25) is 14.4 Å². The molecule has 2 N–H and O–H groups in total. The number of likely N-dealkylation sites (tertiary alicyclic amines) is 2. The first kappa shape index (κ1) is 21.3. The predicted octanol–water partition coefficient (Wildman–Crippen LogP) is 3.07. The van der Waals surface area contributed by atoms with Gasteiger partial charge in [0.2, 0.25) is 11.8 Å². The van der Waals surface area contributed by atoms with Crippen LogP contribution in [0, 0.1) is 10.8 Å². The van der Waals surface area contributed by atoms with Gasteiger partial charge in [-0.1, -0.05) is 46.1 Å². The van der Waals surface area contributed by atoms with Crippen molar-refractivity contribution in [2.75, 3.05) is 26.2 Å². The van der Waals surface area contributed by atoms with Crippen LogP contribution in [0.25, 0.3) is 0 Å². The Bertz CT molecular complexity index is 796. The second-order valence-corrected chi connectivity index (χ2v) is 9.42. The minimum absolute atomic E-state index is 0.0200. The number of hydrogen-bond acceptors (Lipinski definition) is 3. The Kier molecular flexibility index (Phi) is 6.01. The lowest BCUT2D eigenvalue weighted by atomic mass is 9.76. The fourth-order valence-electron chi connectivity index (χ4n) is 4.61. The molecule has 6 nitrogen and oxygen atoms in total. The maximum Gasteiger partial charge on any atom is 0.253 e. The van der Waals surface area contributed by atoms with Crippen LogP contribution in [0.3, 0.4) is 0 Å². The molecule has 2 fully saturated rings. The quantitative estimate of drug-likeness (QED) is 0.715. The van der Waals surface area contributed by atoms with Gasteiger partial charge in [0.1, 0.15) is 0 Å². The highest BCUT2D eigenvalue weighted by Gasteiger charge is 2.52. The van der Waals surface area contributed by atoms with Gasteiger partial charge in [0.05, 0.1) is 0 Å². The zero-order valence-electron chi connectivity index (χ0n) is 17.9. The van der Waals surface area contributed by atoms with Crippen molar-refractivity contribution in [2.45, 2.75) is 52.9 Å². The van der Waals surface area contributed by atoms with Gasteiger partial charge in [0.15, 0.2) is 0 Å². The van der Waals surface area contributed by atoms with E-state index < -0.39 is 5.91 Å². The molecular formula is C23H33N3O3. The number of carbonyl (C=O) groups excluding carboxylic acids is 3. The van der Waals surface area contributed by atoms with E-state index in [0.29, 0.717) is 24.2 Å². The van der Waals surface area contributed by atoms with E-state index in [-0.39, 0.29) is 22.6 Å². The highest BCUT2D eigenvalue weighted by atomic mass is 16.2. The minimum atomic E-state index is -0.535. The lowest BCUT2D eigenvalue weighted by Gasteiger charge is -2.50. The van der Waals surface area contributed by atoms with E-state index in [9.17, 15) is 14.4 Å². The summed E-state index contributed by atoms with van der Waals surface area (Å²) in [7, 11) is 0. The summed E-state index contributed by atoms with van der Waals surface area (Å²) in [6.45, 7) is 9.07. The Morgan fingerprint density at radius 3 is 2.38 bits per heavy atom. The summed E-state index contributed by atoms with van der Waals surface area (Å²) in [5.74, 6) is -0.375. The second kappa shape index (κ2) is 8.17. The molecule has 1 aromatic rings. The maximum absolute atomic E-state index is 12.9. The molecule has 158 valence electrons. The van der Waals surface area contributed by atoms with Crippen molar-refractivity contribution < 1.29 is 14.4 Å². The lowest BCUT2D eigenvalue weighted by molar-refractivity contribution is -0.152. The number of rotatable bonds is 7. The molecule has 2 aliphatic rings. The van der Waals surface area contributed by atoms with E-state index in [1.54, 1.807) is 24.3 Å². The minimum Gasteiger partial charge on any atom is -0.366 e. The van der Waals surface area contributed by atoms with Gasteiger partial charge in [0, 0.05) is 48.1 Å². The highest BCUT2D eigenvalue weighted by Crippen LogP contribution is 2.42. The first-order valence-electron chi connectivity index (χ1n) is 10.7. The number of hydrogen-bond donors (Lipinski definition) is 1. The van der Waals surface area contributed by atoms with Crippen LogP contribution in [-0.4, -0.2) is 53.7 Å². The maximum atomic E-state index is 12.9. The SMILES string of the molecule is CCCCCC(C)(C)C(=O)N1CC2(CCN(C(=O)c3cccc(C(N)=O)c3)C2)C1. The van der Waals surface area contributed by atoms with Crippen molar-refractivity contribution in [2.24, 2.45) is 16.6 Å². The van der Waals surface area contributed by atoms with Gasteiger partial charge in [-0.25, -0.2) is 0 Å². The first-order chi connectivity index (χ1) is 13.7. The molecule has 0 atom stereocenters. The first-order valence-corrected chi connectivity index (χ1v) is 10.7. The number of benzene rings is 1. The van der Waals surface area contributed by atoms with Gasteiger partial charge >= 0.3 is 0 Å². The summed E-state index contributed by atoms with van der Waals surface area (Å²) in [5, 5.41) is 0. The van der Waals surface area contributed by atoms with Crippen LogP contribution >= 0.6 is 0 Å². The molecule has 29 heavy (non-hydrogen) atoms. The Hall–Kier alpha value is -2.37. The van der Waals surface area contributed by atoms with E-state index in [1.165, 1.54) is 0 Å². The molecule has 0 unspecified atom stereocenters. The summed E-state index contributed by atoms with van der Waals surface area (Å²) in [6.07, 6.45) is 5.23. The summed E-state index contributed by atoms with van der Waals surface area (Å²) in [6, 6.07) is 6.58. The molecular weight excluding hydrogens is 366 g/mol. The monoisotopic (exact) mass is 399 g/mol. The Morgan fingerprint density at radius 2 is 1.72 bits per heavy atom. The van der Waals surface area contributed by atoms with Crippen molar-refractivity contribution in [3.8, 4) is 0 Å². The average molecular weight is 400 g/mol. The Balaban J connectivity index is 1.57. The average Bonchev–Trinajstić information content (AvgIpc) is 3.11. The fraction of sp³-hybridized carbons (Fsp3) is 0.609. The third kappa shape index (κ3) is 4.46. The van der Waals surface area contributed by atoms with Crippen molar-refractivity contribution in [3.05, 3.63) is 35.4 Å². The zero-order valence-corrected chi connectivity index (χ0v) is 17.9. The molecule has 0 aliphatic carbocycles. The zero-order chi connectivity index (χ0) is 21.2. The molecule has 0 radical (unpaired) electrons. The molecule has 0 bridgehead atoms. The van der Waals surface area contributed by atoms with Crippen LogP contribution in [0.15, 0.2) is 24.3 Å². The van der Waals surface area contributed by atoms with Crippen LogP contribution in [0.4, 0.5) is 0 Å². The van der Waals surface area contributed by atoms with Crippen molar-refractivity contribution >= 4 is 17.7 Å². The molecule has 3 rings (SSSR count). The van der Waals surface area contributed by atoms with Gasteiger partial charge in [-0.15, -0.1) is 0 Å². The smallest absolute Gasteiger partial charge is 0.253 e. The summed E-state index contributed by atoms with van der Waals surface area (Å²) < 4.78 is 0. The fourth-order valence-corrected chi connectivity index (χ4v) is 4.61. The van der Waals surface area contributed by atoms with E-state index >= 15 is 0 Å². The van der Waals surface area contributed by atoms with Crippen molar-refractivity contribution in [1.29, 1.82) is 0 Å². The number of primary amides is 1. The molecule has 2 saturated heterocycles. The molecule has 6 heteroatoms. The lowest BCUT2D eigenvalue weighted by Crippen LogP contribution is -2.62. The molecule has 1 spiro atoms. The summed E-state index contributed by atoms with van der Waals surface area (Å²) in [4.78, 5) is 41.0. The highest BCUT2D eigenvalue weighted by molar-refractivity contribution is 5.99. The van der Waals surface area contributed by atoms with Crippen LogP contribution in [0.5, 0.6) is 0 Å². The normalized spacial score (nSPS) is 18.0. The molecule has 2 aliphatic heterocycles. The van der Waals surface area contributed by atoms with Gasteiger partial charge in [-0.2, -0.15) is 0 Å². The van der Waals surface area contributed by atoms with Gasteiger partial charge < -0.3 is 15.5 Å². The summed E-state index contributed by atoms with van der Waals surface area (Å²) in [5.41, 5.74) is 5.86. The molecule has 3 amide bonds. The van der Waals surface area contributed by atoms with Crippen molar-refractivity contribution in [3.63, 3.8) is 0 Å². The van der Waals surface area contributed by atoms with E-state index in [0.717, 1.165) is 45.2 Å². The van der Waals surface area contributed by atoms with E-state index in [1.807, 2.05) is 23.6 Å². The molecule has 1 aromatic carbocycles. The molecule has 2 heterocycles. The molecule has 0 aromatic heterocycles. The standard InChI is InChI=1S/C23H33N3O3/c1-4-5-6-10-22(2,3)21(29)26-15-23(16-26)11-12-25(14-23)20(28)18-9-7-8-17(13-18)19(24)27/h7-9,13H,4-6,10-12,14-16H2,1-3H3,(H2,24,27). The number of nitrogens with zero attached hydrogens (tertiary/aromatic N) is 2. The van der Waals surface area contributed by atoms with Crippen LogP contribution in [0.2, 0.25) is 0 Å². The Labute approximate surface area is 173 Å². The molecule has 0 saturated carbocycles. The number of nitrogens with two attached hydrogens (primary N) is 1. The Morgan fingerprint density at radius 1 is 1.07 bits per heavy atom. The van der Waals surface area contributed by atoms with Crippen LogP contribution in [0.1, 0.15) is 73.6 Å². The number of unbranched alkanes of at least 4 members (excludes halogenated alkanes) is 2. The van der Waals surface area contributed by atoms with Gasteiger partial charge in [0.25, 0.3) is 5.91 Å². The van der Waals surface area contributed by atoms with E-state index in [4.69, 9.17) is 5.73 Å². The second-order valence-electron chi connectivity index (χ2n) is 9.42. The van der Waals surface area contributed by atoms with Crippen LogP contribution in [-0.2, 0) is 4.79 Å². The van der Waals surface area contributed by atoms with E-state index in [2.05, 4.69) is 6.92 Å². The predicted molar refractivity (Wildman–Crippen MR) is 112 cm³/mol. The third-order valence-electron chi connectivity index (χ3n) is 6.44. The largest absolute Gasteiger partial charge is 0.366 e. The van der Waals surface area contributed by atoms with Crippen molar-refractivity contribution in [1.82, 2.24) is 9.80 Å². The summed E-state index contributed by atoms with van der Waals surface area (Å²) >= 11 is 0. The van der Waals surface area contributed by atoms with Crippen LogP contribution < -0.4 is 5.73 Å². The number of amides is 3.